The lowest BCUT2D eigenvalue weighted by atomic mass is 10.3. The minimum atomic E-state index is -0.267. The van der Waals surface area contributed by atoms with E-state index in [1.54, 1.807) is 6.07 Å². The summed E-state index contributed by atoms with van der Waals surface area (Å²) in [5.41, 5.74) is 1.84. The van der Waals surface area contributed by atoms with Gasteiger partial charge in [0.2, 0.25) is 5.95 Å². The summed E-state index contributed by atoms with van der Waals surface area (Å²) >= 11 is 0. The summed E-state index contributed by atoms with van der Waals surface area (Å²) in [4.78, 5) is 16.7. The van der Waals surface area contributed by atoms with E-state index >= 15 is 0 Å². The molecule has 0 saturated heterocycles. The second-order valence-corrected chi connectivity index (χ2v) is 5.38. The quantitative estimate of drug-likeness (QED) is 0.716. The van der Waals surface area contributed by atoms with E-state index in [1.165, 1.54) is 0 Å². The molecule has 2 aromatic carbocycles. The van der Waals surface area contributed by atoms with Crippen molar-refractivity contribution in [1.29, 1.82) is 0 Å². The van der Waals surface area contributed by atoms with Crippen LogP contribution in [0.4, 0.5) is 5.95 Å². The Labute approximate surface area is 146 Å². The van der Waals surface area contributed by atoms with Crippen LogP contribution in [-0.2, 0) is 11.3 Å². The van der Waals surface area contributed by atoms with Crippen molar-refractivity contribution >= 4 is 22.9 Å². The number of aryl methyl sites for hydroxylation is 1. The fourth-order valence-corrected chi connectivity index (χ4v) is 2.64. The van der Waals surface area contributed by atoms with Gasteiger partial charge in [0.25, 0.3) is 5.91 Å². The van der Waals surface area contributed by atoms with Crippen LogP contribution in [0.1, 0.15) is 13.8 Å². The van der Waals surface area contributed by atoms with Gasteiger partial charge in [-0.25, -0.2) is 4.98 Å². The molecule has 0 bridgehead atoms. The molecule has 0 unspecified atom stereocenters. The molecular formula is C19H21N3O3. The highest BCUT2D eigenvalue weighted by Crippen LogP contribution is 2.26. The molecule has 0 aliphatic carbocycles. The van der Waals surface area contributed by atoms with Gasteiger partial charge in [-0.3, -0.25) is 10.1 Å². The van der Waals surface area contributed by atoms with Gasteiger partial charge in [-0.15, -0.1) is 0 Å². The summed E-state index contributed by atoms with van der Waals surface area (Å²) in [7, 11) is 0. The predicted octanol–water partition coefficient (Wildman–Crippen LogP) is 3.47. The average molecular weight is 339 g/mol. The molecular weight excluding hydrogens is 318 g/mol. The molecule has 0 spiro atoms. The molecule has 0 radical (unpaired) electrons. The molecule has 1 amide bonds. The lowest BCUT2D eigenvalue weighted by molar-refractivity contribution is -0.118. The molecule has 1 aromatic heterocycles. The lowest BCUT2D eigenvalue weighted by Crippen LogP contribution is -2.22. The van der Waals surface area contributed by atoms with E-state index in [4.69, 9.17) is 9.47 Å². The number of anilines is 1. The number of imidazole rings is 1. The van der Waals surface area contributed by atoms with Crippen molar-refractivity contribution in [2.24, 2.45) is 0 Å². The Kier molecular flexibility index (Phi) is 5.18. The zero-order valence-corrected chi connectivity index (χ0v) is 14.4. The number of carbonyl (C=O) groups is 1. The molecule has 0 aliphatic heterocycles. The first-order chi connectivity index (χ1) is 12.2. The van der Waals surface area contributed by atoms with Gasteiger partial charge >= 0.3 is 0 Å². The second-order valence-electron chi connectivity index (χ2n) is 5.38. The highest BCUT2D eigenvalue weighted by atomic mass is 16.5. The third-order valence-corrected chi connectivity index (χ3v) is 3.73. The summed E-state index contributed by atoms with van der Waals surface area (Å²) in [5.74, 6) is 1.42. The van der Waals surface area contributed by atoms with Gasteiger partial charge in [-0.1, -0.05) is 24.3 Å². The molecule has 25 heavy (non-hydrogen) atoms. The van der Waals surface area contributed by atoms with E-state index in [0.717, 1.165) is 11.0 Å². The van der Waals surface area contributed by atoms with Gasteiger partial charge in [0, 0.05) is 6.54 Å². The van der Waals surface area contributed by atoms with Crippen molar-refractivity contribution in [2.75, 3.05) is 18.5 Å². The van der Waals surface area contributed by atoms with Gasteiger partial charge in [0.15, 0.2) is 18.1 Å². The molecule has 0 aliphatic rings. The van der Waals surface area contributed by atoms with Crippen LogP contribution in [0, 0.1) is 0 Å². The third-order valence-electron chi connectivity index (χ3n) is 3.73. The number of fused-ring (bicyclic) bond motifs is 1. The number of rotatable bonds is 7. The average Bonchev–Trinajstić information content (AvgIpc) is 2.98. The maximum atomic E-state index is 12.3. The van der Waals surface area contributed by atoms with Gasteiger partial charge in [-0.05, 0) is 38.1 Å². The largest absolute Gasteiger partial charge is 0.490 e. The van der Waals surface area contributed by atoms with Gasteiger partial charge < -0.3 is 14.0 Å². The Balaban J connectivity index is 1.69. The minimum Gasteiger partial charge on any atom is -0.490 e. The Morgan fingerprint density at radius 1 is 1.04 bits per heavy atom. The van der Waals surface area contributed by atoms with E-state index < -0.39 is 0 Å². The zero-order chi connectivity index (χ0) is 17.6. The van der Waals surface area contributed by atoms with Crippen molar-refractivity contribution in [1.82, 2.24) is 9.55 Å². The zero-order valence-electron chi connectivity index (χ0n) is 14.4. The van der Waals surface area contributed by atoms with Crippen molar-refractivity contribution in [3.05, 3.63) is 48.5 Å². The number of nitrogens with zero attached hydrogens (tertiary/aromatic N) is 2. The second kappa shape index (κ2) is 7.70. The third kappa shape index (κ3) is 3.74. The smallest absolute Gasteiger partial charge is 0.264 e. The summed E-state index contributed by atoms with van der Waals surface area (Å²) in [5, 5.41) is 2.82. The van der Waals surface area contributed by atoms with E-state index in [0.29, 0.717) is 30.6 Å². The van der Waals surface area contributed by atoms with Gasteiger partial charge in [-0.2, -0.15) is 0 Å². The van der Waals surface area contributed by atoms with Gasteiger partial charge in [0.1, 0.15) is 0 Å². The Hall–Kier alpha value is -3.02. The highest BCUT2D eigenvalue weighted by Gasteiger charge is 2.13. The molecule has 3 aromatic rings. The maximum absolute atomic E-state index is 12.3. The number of hydrogen-bond donors (Lipinski definition) is 1. The van der Waals surface area contributed by atoms with Crippen molar-refractivity contribution in [3.8, 4) is 11.5 Å². The molecule has 0 atom stereocenters. The number of ether oxygens (including phenoxy) is 2. The standard InChI is InChI=1S/C19H21N3O3/c1-3-22-15-10-6-5-9-14(15)20-19(22)21-18(23)13-25-17-12-8-7-11-16(17)24-4-2/h5-12H,3-4,13H2,1-2H3,(H,20,21,23). The summed E-state index contributed by atoms with van der Waals surface area (Å²) < 4.78 is 13.0. The topological polar surface area (TPSA) is 65.4 Å². The SMILES string of the molecule is CCOc1ccccc1OCC(=O)Nc1nc2ccccc2n1CC. The first-order valence-electron chi connectivity index (χ1n) is 8.32. The molecule has 130 valence electrons. The number of nitrogens with one attached hydrogen (secondary N) is 1. The van der Waals surface area contributed by atoms with E-state index in [9.17, 15) is 4.79 Å². The monoisotopic (exact) mass is 339 g/mol. The van der Waals surface area contributed by atoms with Crippen LogP contribution in [0.5, 0.6) is 11.5 Å². The van der Waals surface area contributed by atoms with Gasteiger partial charge in [0.05, 0.1) is 17.6 Å². The Bertz CT molecular complexity index is 873. The summed E-state index contributed by atoms with van der Waals surface area (Å²) in [6.45, 7) is 5.05. The number of carbonyl (C=O) groups excluding carboxylic acids is 1. The summed E-state index contributed by atoms with van der Waals surface area (Å²) in [6, 6.07) is 15.1. The Morgan fingerprint density at radius 2 is 1.72 bits per heavy atom. The van der Waals surface area contributed by atoms with Crippen LogP contribution < -0.4 is 14.8 Å². The van der Waals surface area contributed by atoms with Crippen LogP contribution in [0.2, 0.25) is 0 Å². The van der Waals surface area contributed by atoms with Crippen molar-refractivity contribution in [2.45, 2.75) is 20.4 Å². The van der Waals surface area contributed by atoms with Crippen LogP contribution >= 0.6 is 0 Å². The predicted molar refractivity (Wildman–Crippen MR) is 97.1 cm³/mol. The van der Waals surface area contributed by atoms with Crippen molar-refractivity contribution in [3.63, 3.8) is 0 Å². The van der Waals surface area contributed by atoms with Crippen LogP contribution in [-0.4, -0.2) is 28.7 Å². The number of aromatic nitrogens is 2. The normalized spacial score (nSPS) is 10.6. The van der Waals surface area contributed by atoms with E-state index in [2.05, 4.69) is 10.3 Å². The molecule has 0 saturated carbocycles. The molecule has 1 heterocycles. The lowest BCUT2D eigenvalue weighted by Gasteiger charge is -2.12. The van der Waals surface area contributed by atoms with E-state index in [-0.39, 0.29) is 12.5 Å². The molecule has 3 rings (SSSR count). The number of hydrogen-bond acceptors (Lipinski definition) is 4. The minimum absolute atomic E-state index is 0.114. The number of para-hydroxylation sites is 4. The van der Waals surface area contributed by atoms with Crippen LogP contribution in [0.15, 0.2) is 48.5 Å². The molecule has 6 heteroatoms. The molecule has 1 N–H and O–H groups in total. The molecule has 0 fully saturated rings. The number of benzene rings is 2. The maximum Gasteiger partial charge on any atom is 0.264 e. The van der Waals surface area contributed by atoms with Crippen LogP contribution in [0.3, 0.4) is 0 Å². The van der Waals surface area contributed by atoms with E-state index in [1.807, 2.05) is 60.9 Å². The van der Waals surface area contributed by atoms with Crippen molar-refractivity contribution < 1.29 is 14.3 Å². The first kappa shape index (κ1) is 16.8. The Morgan fingerprint density at radius 3 is 2.44 bits per heavy atom. The molecule has 6 nitrogen and oxygen atoms in total. The summed E-state index contributed by atoms with van der Waals surface area (Å²) in [6.07, 6.45) is 0. The fourth-order valence-electron chi connectivity index (χ4n) is 2.64. The fraction of sp³-hybridized carbons (Fsp3) is 0.263. The number of amides is 1. The highest BCUT2D eigenvalue weighted by molar-refractivity contribution is 5.92. The van der Waals surface area contributed by atoms with Crippen LogP contribution in [0.25, 0.3) is 11.0 Å². The first-order valence-corrected chi connectivity index (χ1v) is 8.32.